The highest BCUT2D eigenvalue weighted by molar-refractivity contribution is 9.10. The van der Waals surface area contributed by atoms with Gasteiger partial charge in [-0.25, -0.2) is 4.79 Å². The van der Waals surface area contributed by atoms with Crippen LogP contribution in [0.5, 0.6) is 0 Å². The zero-order chi connectivity index (χ0) is 20.6. The molecule has 1 atom stereocenters. The lowest BCUT2D eigenvalue weighted by Gasteiger charge is -2.26. The molecule has 1 heterocycles. The van der Waals surface area contributed by atoms with Gasteiger partial charge in [0.15, 0.2) is 6.04 Å². The Morgan fingerprint density at radius 2 is 1.85 bits per heavy atom. The molecule has 0 aliphatic rings. The molecular formula is C18H16BrClF3NO3. The van der Waals surface area contributed by atoms with Crippen molar-refractivity contribution in [3.05, 3.63) is 67.5 Å². The minimum Gasteiger partial charge on any atom is -0.458 e. The third kappa shape index (κ3) is 5.35. The van der Waals surface area contributed by atoms with Crippen molar-refractivity contribution in [3.8, 4) is 0 Å². The number of rotatable bonds is 3. The van der Waals surface area contributed by atoms with Crippen LogP contribution < -0.4 is 5.56 Å². The van der Waals surface area contributed by atoms with Crippen molar-refractivity contribution < 1.29 is 22.7 Å². The van der Waals surface area contributed by atoms with E-state index in [1.54, 1.807) is 45.0 Å². The molecule has 9 heteroatoms. The lowest BCUT2D eigenvalue weighted by molar-refractivity contribution is -0.157. The van der Waals surface area contributed by atoms with Crippen LogP contribution in [0, 0.1) is 0 Å². The number of halogens is 5. The average molecular weight is 467 g/mol. The van der Waals surface area contributed by atoms with E-state index in [0.29, 0.717) is 16.1 Å². The third-order valence-corrected chi connectivity index (χ3v) is 4.20. The Morgan fingerprint density at radius 1 is 1.22 bits per heavy atom. The molecule has 0 spiro atoms. The first kappa shape index (κ1) is 21.5. The van der Waals surface area contributed by atoms with E-state index in [1.165, 1.54) is 0 Å². The molecule has 1 unspecified atom stereocenters. The van der Waals surface area contributed by atoms with Gasteiger partial charge in [0, 0.05) is 16.7 Å². The molecule has 2 rings (SSSR count). The Bertz CT molecular complexity index is 919. The molecule has 2 aromatic rings. The number of carbonyl (C=O) groups is 1. The van der Waals surface area contributed by atoms with Crippen molar-refractivity contribution in [1.82, 2.24) is 4.57 Å². The summed E-state index contributed by atoms with van der Waals surface area (Å²) in [6.07, 6.45) is -3.98. The number of benzene rings is 1. The molecular weight excluding hydrogens is 451 g/mol. The van der Waals surface area contributed by atoms with Gasteiger partial charge >= 0.3 is 12.1 Å². The number of aromatic nitrogens is 1. The highest BCUT2D eigenvalue weighted by atomic mass is 79.9. The highest BCUT2D eigenvalue weighted by Gasteiger charge is 2.36. The average Bonchev–Trinajstić information content (AvgIpc) is 2.47. The van der Waals surface area contributed by atoms with Crippen LogP contribution >= 0.6 is 27.5 Å². The Labute approximate surface area is 167 Å². The Hall–Kier alpha value is -1.80. The van der Waals surface area contributed by atoms with Gasteiger partial charge in [0.2, 0.25) is 0 Å². The summed E-state index contributed by atoms with van der Waals surface area (Å²) >= 11 is 9.02. The van der Waals surface area contributed by atoms with Crippen LogP contribution in [0.3, 0.4) is 0 Å². The summed E-state index contributed by atoms with van der Waals surface area (Å²) in [7, 11) is 0. The van der Waals surface area contributed by atoms with Crippen LogP contribution in [0.2, 0.25) is 5.02 Å². The van der Waals surface area contributed by atoms with E-state index in [0.717, 1.165) is 10.8 Å². The smallest absolute Gasteiger partial charge is 0.418 e. The molecule has 0 saturated carbocycles. The van der Waals surface area contributed by atoms with Gasteiger partial charge in [0.25, 0.3) is 5.56 Å². The summed E-state index contributed by atoms with van der Waals surface area (Å²) in [5, 5.41) is -0.689. The van der Waals surface area contributed by atoms with Crippen molar-refractivity contribution in [2.45, 2.75) is 38.6 Å². The molecule has 27 heavy (non-hydrogen) atoms. The number of carbonyl (C=O) groups excluding carboxylic acids is 1. The molecule has 0 N–H and O–H groups in total. The third-order valence-electron chi connectivity index (χ3n) is 3.41. The fourth-order valence-corrected chi connectivity index (χ4v) is 3.07. The number of esters is 1. The van der Waals surface area contributed by atoms with Crippen molar-refractivity contribution in [2.24, 2.45) is 0 Å². The fraction of sp³-hybridized carbons (Fsp3) is 0.333. The summed E-state index contributed by atoms with van der Waals surface area (Å²) in [4.78, 5) is 25.1. The van der Waals surface area contributed by atoms with Gasteiger partial charge < -0.3 is 4.74 Å². The zero-order valence-electron chi connectivity index (χ0n) is 14.6. The molecule has 0 amide bonds. The van der Waals surface area contributed by atoms with Crippen molar-refractivity contribution >= 4 is 33.5 Å². The minimum atomic E-state index is -4.79. The molecule has 0 saturated heterocycles. The van der Waals surface area contributed by atoms with Crippen LogP contribution in [0.1, 0.15) is 37.9 Å². The van der Waals surface area contributed by atoms with Gasteiger partial charge in [-0.1, -0.05) is 39.7 Å². The second-order valence-electron chi connectivity index (χ2n) is 6.77. The van der Waals surface area contributed by atoms with Crippen LogP contribution in [-0.4, -0.2) is 16.1 Å². The number of hydrogen-bond donors (Lipinski definition) is 0. The summed E-state index contributed by atoms with van der Waals surface area (Å²) in [6, 6.07) is 5.56. The second-order valence-corrected chi connectivity index (χ2v) is 8.09. The van der Waals surface area contributed by atoms with E-state index in [1.807, 2.05) is 0 Å². The number of nitrogens with zero attached hydrogens (tertiary/aromatic N) is 1. The monoisotopic (exact) mass is 465 g/mol. The van der Waals surface area contributed by atoms with Crippen molar-refractivity contribution in [3.63, 3.8) is 0 Å². The predicted octanol–water partition coefficient (Wildman–Crippen LogP) is 5.21. The maximum atomic E-state index is 13.0. The van der Waals surface area contributed by atoms with Gasteiger partial charge in [-0.2, -0.15) is 13.2 Å². The molecule has 0 radical (unpaired) electrons. The van der Waals surface area contributed by atoms with E-state index >= 15 is 0 Å². The molecule has 4 nitrogen and oxygen atoms in total. The van der Waals surface area contributed by atoms with Crippen molar-refractivity contribution in [1.29, 1.82) is 0 Å². The predicted molar refractivity (Wildman–Crippen MR) is 98.8 cm³/mol. The summed E-state index contributed by atoms with van der Waals surface area (Å²) in [5.74, 6) is -0.793. The summed E-state index contributed by atoms with van der Waals surface area (Å²) in [5.41, 5.74) is -2.79. The first-order chi connectivity index (χ1) is 12.3. The second kappa shape index (κ2) is 7.67. The molecule has 1 aromatic heterocycles. The standard InChI is InChI=1S/C18H16BrClF3NO3/c1-17(2,3)27-16(26)15(10-5-4-6-11(19)7-10)24-9-13(20)12(8-14(24)25)18(21,22)23/h4-9,15H,1-3H3. The maximum absolute atomic E-state index is 13.0. The number of alkyl halides is 3. The number of pyridine rings is 1. The minimum absolute atomic E-state index is 0.358. The van der Waals surface area contributed by atoms with E-state index in [4.69, 9.17) is 16.3 Å². The molecule has 146 valence electrons. The number of hydrogen-bond acceptors (Lipinski definition) is 3. The Kier molecular flexibility index (Phi) is 6.11. The van der Waals surface area contributed by atoms with E-state index in [-0.39, 0.29) is 0 Å². The molecule has 0 bridgehead atoms. The highest BCUT2D eigenvalue weighted by Crippen LogP contribution is 2.34. The van der Waals surface area contributed by atoms with Gasteiger partial charge in [-0.3, -0.25) is 9.36 Å². The lowest BCUT2D eigenvalue weighted by atomic mass is 10.1. The van der Waals surface area contributed by atoms with E-state index < -0.39 is 39.9 Å². The normalized spacial score (nSPS) is 13.3. The molecule has 0 aliphatic carbocycles. The van der Waals surface area contributed by atoms with Crippen molar-refractivity contribution in [2.75, 3.05) is 0 Å². The topological polar surface area (TPSA) is 48.3 Å². The van der Waals surface area contributed by atoms with Gasteiger partial charge in [-0.05, 0) is 38.5 Å². The first-order valence-electron chi connectivity index (χ1n) is 7.77. The number of ether oxygens (including phenoxy) is 1. The summed E-state index contributed by atoms with van der Waals surface area (Å²) in [6.45, 7) is 4.93. The first-order valence-corrected chi connectivity index (χ1v) is 8.94. The Morgan fingerprint density at radius 3 is 2.37 bits per heavy atom. The maximum Gasteiger partial charge on any atom is 0.418 e. The molecule has 0 aliphatic heterocycles. The van der Waals surface area contributed by atoms with Crippen LogP contribution in [-0.2, 0) is 15.7 Å². The van der Waals surface area contributed by atoms with E-state index in [2.05, 4.69) is 15.9 Å². The van der Waals surface area contributed by atoms with E-state index in [9.17, 15) is 22.8 Å². The van der Waals surface area contributed by atoms with Gasteiger partial charge in [0.05, 0.1) is 10.6 Å². The Balaban J connectivity index is 2.66. The van der Waals surface area contributed by atoms with Crippen LogP contribution in [0.4, 0.5) is 13.2 Å². The SMILES string of the molecule is CC(C)(C)OC(=O)C(c1cccc(Br)c1)n1cc(Cl)c(C(F)(F)F)cc1=O. The van der Waals surface area contributed by atoms with Crippen LogP contribution in [0.15, 0.2) is 45.8 Å². The largest absolute Gasteiger partial charge is 0.458 e. The quantitative estimate of drug-likeness (QED) is 0.583. The van der Waals surface area contributed by atoms with Gasteiger partial charge in [0.1, 0.15) is 5.60 Å². The zero-order valence-corrected chi connectivity index (χ0v) is 16.9. The van der Waals surface area contributed by atoms with Crippen LogP contribution in [0.25, 0.3) is 0 Å². The lowest BCUT2D eigenvalue weighted by Crippen LogP contribution is -2.36. The molecule has 1 aromatic carbocycles. The fourth-order valence-electron chi connectivity index (χ4n) is 2.39. The summed E-state index contributed by atoms with van der Waals surface area (Å²) < 4.78 is 45.8. The van der Waals surface area contributed by atoms with Gasteiger partial charge in [-0.15, -0.1) is 0 Å². The molecule has 0 fully saturated rings.